The Kier molecular flexibility index (Phi) is 4.12. The van der Waals surface area contributed by atoms with Gasteiger partial charge >= 0.3 is 6.18 Å². The summed E-state index contributed by atoms with van der Waals surface area (Å²) in [6.07, 6.45) is -1.71. The van der Waals surface area contributed by atoms with Gasteiger partial charge in [0.2, 0.25) is 5.91 Å². The highest BCUT2D eigenvalue weighted by Gasteiger charge is 2.44. The van der Waals surface area contributed by atoms with Crippen molar-refractivity contribution in [1.29, 1.82) is 0 Å². The lowest BCUT2D eigenvalue weighted by Gasteiger charge is -2.13. The molecule has 3 nitrogen and oxygen atoms in total. The number of carbonyl (C=O) groups is 1. The number of halogens is 3. The van der Waals surface area contributed by atoms with E-state index in [1.807, 2.05) is 0 Å². The van der Waals surface area contributed by atoms with E-state index in [2.05, 4.69) is 5.32 Å². The molecule has 1 heterocycles. The third kappa shape index (κ3) is 3.43. The first-order chi connectivity index (χ1) is 10.4. The lowest BCUT2D eigenvalue weighted by Crippen LogP contribution is -2.29. The van der Waals surface area contributed by atoms with Crippen LogP contribution in [0.3, 0.4) is 0 Å². The number of hydrogen-bond acceptors (Lipinski definition) is 2. The number of amides is 1. The summed E-state index contributed by atoms with van der Waals surface area (Å²) in [4.78, 5) is 11.9. The Morgan fingerprint density at radius 2 is 2.09 bits per heavy atom. The average Bonchev–Trinajstić information content (AvgIpc) is 3.01. The molecule has 2 fully saturated rings. The van der Waals surface area contributed by atoms with Crippen molar-refractivity contribution in [2.75, 3.05) is 6.61 Å². The smallest absolute Gasteiger partial charge is 0.378 e. The SMILES string of the molecule is O=C(CC1CCCO1)NC1CC1c1ccccc1C(F)(F)F. The molecule has 1 saturated carbocycles. The van der Waals surface area contributed by atoms with E-state index in [-0.39, 0.29) is 29.5 Å². The second-order valence-electron chi connectivity index (χ2n) is 5.94. The molecule has 0 bridgehead atoms. The van der Waals surface area contributed by atoms with Gasteiger partial charge in [0.05, 0.1) is 18.1 Å². The minimum Gasteiger partial charge on any atom is -0.378 e. The zero-order valence-electron chi connectivity index (χ0n) is 12.0. The largest absolute Gasteiger partial charge is 0.416 e. The molecule has 1 saturated heterocycles. The normalized spacial score (nSPS) is 27.7. The van der Waals surface area contributed by atoms with Crippen LogP contribution in [-0.4, -0.2) is 24.7 Å². The van der Waals surface area contributed by atoms with Crippen LogP contribution < -0.4 is 5.32 Å². The highest BCUT2D eigenvalue weighted by molar-refractivity contribution is 5.77. The van der Waals surface area contributed by atoms with Crippen LogP contribution in [0.2, 0.25) is 0 Å². The van der Waals surface area contributed by atoms with Crippen LogP contribution in [0.4, 0.5) is 13.2 Å². The zero-order chi connectivity index (χ0) is 15.7. The van der Waals surface area contributed by atoms with Gasteiger partial charge in [-0.3, -0.25) is 4.79 Å². The van der Waals surface area contributed by atoms with E-state index >= 15 is 0 Å². The van der Waals surface area contributed by atoms with E-state index in [1.54, 1.807) is 6.07 Å². The minimum atomic E-state index is -4.36. The third-order valence-electron chi connectivity index (χ3n) is 4.24. The molecule has 22 heavy (non-hydrogen) atoms. The monoisotopic (exact) mass is 313 g/mol. The molecule has 1 aliphatic carbocycles. The predicted octanol–water partition coefficient (Wildman–Crippen LogP) is 3.25. The molecule has 1 aromatic carbocycles. The van der Waals surface area contributed by atoms with E-state index in [4.69, 9.17) is 4.74 Å². The zero-order valence-corrected chi connectivity index (χ0v) is 12.0. The maximum atomic E-state index is 13.0. The summed E-state index contributed by atoms with van der Waals surface area (Å²) in [6, 6.07) is 5.39. The van der Waals surface area contributed by atoms with Crippen LogP contribution in [0.25, 0.3) is 0 Å². The van der Waals surface area contributed by atoms with Crippen molar-refractivity contribution in [2.24, 2.45) is 0 Å². The molecule has 1 aromatic rings. The van der Waals surface area contributed by atoms with Gasteiger partial charge in [-0.2, -0.15) is 13.2 Å². The van der Waals surface area contributed by atoms with Gasteiger partial charge in [0, 0.05) is 18.6 Å². The van der Waals surface area contributed by atoms with Gasteiger partial charge in [-0.25, -0.2) is 0 Å². The molecular weight excluding hydrogens is 295 g/mol. The molecule has 3 atom stereocenters. The Morgan fingerprint density at radius 1 is 1.32 bits per heavy atom. The molecular formula is C16H18F3NO2. The second kappa shape index (κ2) is 5.91. The molecule has 1 aliphatic heterocycles. The van der Waals surface area contributed by atoms with E-state index in [9.17, 15) is 18.0 Å². The maximum absolute atomic E-state index is 13.0. The molecule has 6 heteroatoms. The Labute approximate surface area is 126 Å². The predicted molar refractivity (Wildman–Crippen MR) is 74.3 cm³/mol. The lowest BCUT2D eigenvalue weighted by atomic mass is 10.0. The van der Waals surface area contributed by atoms with Crippen molar-refractivity contribution >= 4 is 5.91 Å². The van der Waals surface area contributed by atoms with Gasteiger partial charge in [-0.1, -0.05) is 18.2 Å². The number of alkyl halides is 3. The first-order valence-electron chi connectivity index (χ1n) is 7.52. The average molecular weight is 313 g/mol. The summed E-state index contributed by atoms with van der Waals surface area (Å²) in [5, 5.41) is 2.82. The van der Waals surface area contributed by atoms with E-state index in [1.165, 1.54) is 12.1 Å². The second-order valence-corrected chi connectivity index (χ2v) is 5.94. The van der Waals surface area contributed by atoms with Crippen LogP contribution in [0.5, 0.6) is 0 Å². The third-order valence-corrected chi connectivity index (χ3v) is 4.24. The van der Waals surface area contributed by atoms with Crippen LogP contribution in [0.1, 0.15) is 42.7 Å². The molecule has 0 spiro atoms. The van der Waals surface area contributed by atoms with Crippen molar-refractivity contribution in [3.8, 4) is 0 Å². The number of nitrogens with one attached hydrogen (secondary N) is 1. The van der Waals surface area contributed by atoms with Crippen LogP contribution in [-0.2, 0) is 15.7 Å². The van der Waals surface area contributed by atoms with Crippen LogP contribution >= 0.6 is 0 Å². The summed E-state index contributed by atoms with van der Waals surface area (Å²) in [6.45, 7) is 0.683. The first kappa shape index (κ1) is 15.3. The number of rotatable bonds is 4. The van der Waals surface area contributed by atoms with E-state index in [0.717, 1.165) is 18.9 Å². The molecule has 0 aromatic heterocycles. The summed E-state index contributed by atoms with van der Waals surface area (Å²) in [5.74, 6) is -0.379. The van der Waals surface area contributed by atoms with Gasteiger partial charge in [0.25, 0.3) is 0 Å². The highest BCUT2D eigenvalue weighted by atomic mass is 19.4. The summed E-state index contributed by atoms with van der Waals surface area (Å²) in [7, 11) is 0. The Balaban J connectivity index is 1.59. The highest BCUT2D eigenvalue weighted by Crippen LogP contribution is 2.46. The lowest BCUT2D eigenvalue weighted by molar-refractivity contribution is -0.138. The quantitative estimate of drug-likeness (QED) is 0.926. The molecule has 3 rings (SSSR count). The van der Waals surface area contributed by atoms with Gasteiger partial charge < -0.3 is 10.1 Å². The molecule has 1 N–H and O–H groups in total. The van der Waals surface area contributed by atoms with E-state index in [0.29, 0.717) is 19.4 Å². The van der Waals surface area contributed by atoms with Crippen molar-refractivity contribution in [2.45, 2.75) is 49.9 Å². The number of hydrogen-bond donors (Lipinski definition) is 1. The van der Waals surface area contributed by atoms with Gasteiger partial charge in [-0.05, 0) is 30.9 Å². The van der Waals surface area contributed by atoms with Gasteiger partial charge in [0.15, 0.2) is 0 Å². The molecule has 0 radical (unpaired) electrons. The summed E-state index contributed by atoms with van der Waals surface area (Å²) in [5.41, 5.74) is -0.326. The topological polar surface area (TPSA) is 38.3 Å². The van der Waals surface area contributed by atoms with Gasteiger partial charge in [0.1, 0.15) is 0 Å². The fourth-order valence-electron chi connectivity index (χ4n) is 3.05. The van der Waals surface area contributed by atoms with Crippen LogP contribution in [0, 0.1) is 0 Å². The summed E-state index contributed by atoms with van der Waals surface area (Å²) < 4.78 is 44.4. The Morgan fingerprint density at radius 3 is 2.77 bits per heavy atom. The number of benzene rings is 1. The number of carbonyl (C=O) groups excluding carboxylic acids is 1. The van der Waals surface area contributed by atoms with Gasteiger partial charge in [-0.15, -0.1) is 0 Å². The standard InChI is InChI=1S/C16H18F3NO2/c17-16(18,19)13-6-2-1-5-11(13)12-9-14(12)20-15(21)8-10-4-3-7-22-10/h1-2,5-6,10,12,14H,3-4,7-9H2,(H,20,21). The fraction of sp³-hybridized carbons (Fsp3) is 0.562. The van der Waals surface area contributed by atoms with Crippen molar-refractivity contribution < 1.29 is 22.7 Å². The molecule has 3 unspecified atom stereocenters. The molecule has 120 valence electrons. The van der Waals surface area contributed by atoms with Crippen molar-refractivity contribution in [3.63, 3.8) is 0 Å². The Bertz CT molecular complexity index is 553. The van der Waals surface area contributed by atoms with E-state index < -0.39 is 11.7 Å². The Hall–Kier alpha value is -1.56. The van der Waals surface area contributed by atoms with Crippen molar-refractivity contribution in [3.05, 3.63) is 35.4 Å². The first-order valence-corrected chi connectivity index (χ1v) is 7.52. The molecule has 1 amide bonds. The molecule has 2 aliphatic rings. The fourth-order valence-corrected chi connectivity index (χ4v) is 3.05. The van der Waals surface area contributed by atoms with Crippen LogP contribution in [0.15, 0.2) is 24.3 Å². The van der Waals surface area contributed by atoms with Crippen molar-refractivity contribution in [1.82, 2.24) is 5.32 Å². The maximum Gasteiger partial charge on any atom is 0.416 e. The minimum absolute atomic E-state index is 0.0420. The number of ether oxygens (including phenoxy) is 1. The summed E-state index contributed by atoms with van der Waals surface area (Å²) >= 11 is 0.